The molecule has 1 rings (SSSR count). The largest absolute Gasteiger partial charge is 0.385 e. The molecule has 1 aromatic heterocycles. The summed E-state index contributed by atoms with van der Waals surface area (Å²) in [7, 11) is 5.67. The summed E-state index contributed by atoms with van der Waals surface area (Å²) in [5.41, 5.74) is 1.16. The van der Waals surface area contributed by atoms with Crippen LogP contribution in [0.15, 0.2) is 10.4 Å². The van der Waals surface area contributed by atoms with Crippen LogP contribution in [0.5, 0.6) is 0 Å². The van der Waals surface area contributed by atoms with Crippen LogP contribution in [0.1, 0.15) is 24.0 Å². The van der Waals surface area contributed by atoms with Crippen LogP contribution in [0, 0.1) is 0 Å². The van der Waals surface area contributed by atoms with Crippen LogP contribution in [0.2, 0.25) is 0 Å². The Hall–Kier alpha value is -1.18. The van der Waals surface area contributed by atoms with Crippen molar-refractivity contribution in [1.29, 1.82) is 0 Å². The molecule has 23 heavy (non-hydrogen) atoms. The Bertz CT molecular complexity index is 449. The summed E-state index contributed by atoms with van der Waals surface area (Å²) in [6.45, 7) is 6.70. The van der Waals surface area contributed by atoms with E-state index in [-0.39, 0.29) is 0 Å². The summed E-state index contributed by atoms with van der Waals surface area (Å²) in [5.74, 6) is 0.848. The zero-order chi connectivity index (χ0) is 16.9. The van der Waals surface area contributed by atoms with Crippen molar-refractivity contribution >= 4 is 17.3 Å². The monoisotopic (exact) mass is 341 g/mol. The van der Waals surface area contributed by atoms with Crippen LogP contribution in [-0.2, 0) is 17.6 Å². The van der Waals surface area contributed by atoms with E-state index in [9.17, 15) is 0 Å². The lowest BCUT2D eigenvalue weighted by Gasteiger charge is -2.18. The Labute approximate surface area is 144 Å². The molecule has 0 amide bonds. The van der Waals surface area contributed by atoms with E-state index in [0.29, 0.717) is 0 Å². The van der Waals surface area contributed by atoms with Crippen LogP contribution in [0.3, 0.4) is 0 Å². The molecule has 0 saturated carbocycles. The Kier molecular flexibility index (Phi) is 10.6. The molecular weight excluding hydrogens is 310 g/mol. The predicted molar refractivity (Wildman–Crippen MR) is 98.6 cm³/mol. The van der Waals surface area contributed by atoms with E-state index >= 15 is 0 Å². The van der Waals surface area contributed by atoms with Crippen molar-refractivity contribution in [1.82, 2.24) is 20.5 Å². The van der Waals surface area contributed by atoms with Gasteiger partial charge in [0.25, 0.3) is 0 Å². The Morgan fingerprint density at radius 2 is 2.13 bits per heavy atom. The van der Waals surface area contributed by atoms with Gasteiger partial charge in [-0.3, -0.25) is 4.99 Å². The van der Waals surface area contributed by atoms with Gasteiger partial charge in [-0.05, 0) is 19.9 Å². The molecule has 1 heterocycles. The van der Waals surface area contributed by atoms with E-state index in [0.717, 1.165) is 63.7 Å². The third kappa shape index (κ3) is 8.88. The molecule has 132 valence electrons. The van der Waals surface area contributed by atoms with Gasteiger partial charge >= 0.3 is 0 Å². The molecule has 0 spiro atoms. The maximum Gasteiger partial charge on any atom is 0.191 e. The number of hydrogen-bond acceptors (Lipinski definition) is 5. The highest BCUT2D eigenvalue weighted by molar-refractivity contribution is 7.09. The Morgan fingerprint density at radius 3 is 2.78 bits per heavy atom. The molecule has 0 radical (unpaired) electrons. The number of aryl methyl sites for hydroxylation is 1. The van der Waals surface area contributed by atoms with Gasteiger partial charge in [0.2, 0.25) is 0 Å². The number of methoxy groups -OCH3 is 1. The fraction of sp³-hybridized carbons (Fsp3) is 0.750. The van der Waals surface area contributed by atoms with Gasteiger partial charge in [0, 0.05) is 58.7 Å². The van der Waals surface area contributed by atoms with Crippen molar-refractivity contribution in [3.8, 4) is 0 Å². The third-order valence-corrected chi connectivity index (χ3v) is 4.52. The van der Waals surface area contributed by atoms with E-state index in [4.69, 9.17) is 4.74 Å². The van der Waals surface area contributed by atoms with Crippen molar-refractivity contribution in [3.63, 3.8) is 0 Å². The molecule has 0 saturated heterocycles. The molecule has 6 nitrogen and oxygen atoms in total. The third-order valence-electron chi connectivity index (χ3n) is 3.47. The number of thiazole rings is 1. The van der Waals surface area contributed by atoms with Gasteiger partial charge < -0.3 is 20.3 Å². The number of likely N-dealkylation sites (N-methyl/N-ethyl adjacent to an activating group) is 1. The lowest BCUT2D eigenvalue weighted by Crippen LogP contribution is -2.41. The van der Waals surface area contributed by atoms with E-state index < -0.39 is 0 Å². The fourth-order valence-corrected chi connectivity index (χ4v) is 2.89. The lowest BCUT2D eigenvalue weighted by molar-refractivity contribution is 0.180. The molecule has 0 aliphatic heterocycles. The zero-order valence-corrected chi connectivity index (χ0v) is 15.7. The summed E-state index contributed by atoms with van der Waals surface area (Å²) in [6.07, 6.45) is 3.00. The number of nitrogens with zero attached hydrogens (tertiary/aromatic N) is 3. The smallest absolute Gasteiger partial charge is 0.191 e. The van der Waals surface area contributed by atoms with Crippen LogP contribution in [0.4, 0.5) is 0 Å². The Balaban J connectivity index is 2.14. The average molecular weight is 342 g/mol. The lowest BCUT2D eigenvalue weighted by atomic mass is 10.3. The molecule has 0 aliphatic carbocycles. The van der Waals surface area contributed by atoms with E-state index in [1.807, 2.05) is 0 Å². The maximum atomic E-state index is 5.07. The van der Waals surface area contributed by atoms with Gasteiger partial charge in [-0.1, -0.05) is 6.92 Å². The number of nitrogens with one attached hydrogen (secondary N) is 2. The van der Waals surface area contributed by atoms with Crippen LogP contribution in [0.25, 0.3) is 0 Å². The van der Waals surface area contributed by atoms with Crippen molar-refractivity contribution in [3.05, 3.63) is 16.1 Å². The molecule has 0 unspecified atom stereocenters. The first-order valence-electron chi connectivity index (χ1n) is 8.24. The summed E-state index contributed by atoms with van der Waals surface area (Å²) in [5, 5.41) is 10.0. The van der Waals surface area contributed by atoms with Gasteiger partial charge in [-0.2, -0.15) is 0 Å². The van der Waals surface area contributed by atoms with Gasteiger partial charge in [0.05, 0.1) is 10.7 Å². The van der Waals surface area contributed by atoms with E-state index in [1.54, 1.807) is 25.5 Å². The summed E-state index contributed by atoms with van der Waals surface area (Å²) >= 11 is 1.74. The summed E-state index contributed by atoms with van der Waals surface area (Å²) in [4.78, 5) is 11.1. The van der Waals surface area contributed by atoms with Crippen molar-refractivity contribution < 1.29 is 4.74 Å². The molecule has 1 aromatic rings. The Morgan fingerprint density at radius 1 is 1.35 bits per heavy atom. The van der Waals surface area contributed by atoms with Crippen molar-refractivity contribution in [2.75, 3.05) is 54.0 Å². The minimum absolute atomic E-state index is 0.817. The van der Waals surface area contributed by atoms with Gasteiger partial charge in [0.1, 0.15) is 0 Å². The summed E-state index contributed by atoms with van der Waals surface area (Å²) in [6, 6.07) is 0. The molecule has 0 atom stereocenters. The maximum absolute atomic E-state index is 5.07. The molecule has 0 aromatic carbocycles. The number of ether oxygens (including phenoxy) is 1. The highest BCUT2D eigenvalue weighted by Crippen LogP contribution is 2.10. The van der Waals surface area contributed by atoms with E-state index in [1.165, 1.54) is 5.01 Å². The van der Waals surface area contributed by atoms with Gasteiger partial charge in [-0.15, -0.1) is 11.3 Å². The number of guanidine groups is 1. The number of aliphatic imine (C=N–C) groups is 1. The van der Waals surface area contributed by atoms with Gasteiger partial charge in [-0.25, -0.2) is 4.98 Å². The van der Waals surface area contributed by atoms with E-state index in [2.05, 4.69) is 44.9 Å². The molecule has 0 fully saturated rings. The van der Waals surface area contributed by atoms with Crippen molar-refractivity contribution in [2.45, 2.75) is 26.2 Å². The van der Waals surface area contributed by atoms with Gasteiger partial charge in [0.15, 0.2) is 5.96 Å². The normalized spacial score (nSPS) is 12.0. The van der Waals surface area contributed by atoms with Crippen LogP contribution in [-0.4, -0.2) is 69.8 Å². The minimum atomic E-state index is 0.817. The topological polar surface area (TPSA) is 61.8 Å². The number of aromatic nitrogens is 1. The average Bonchev–Trinajstić information content (AvgIpc) is 3.01. The second-order valence-corrected chi connectivity index (χ2v) is 6.35. The molecule has 2 N–H and O–H groups in total. The van der Waals surface area contributed by atoms with Crippen LogP contribution < -0.4 is 10.6 Å². The zero-order valence-electron chi connectivity index (χ0n) is 14.9. The molecular formula is C16H31N5OS. The number of rotatable bonds is 11. The quantitative estimate of drug-likeness (QED) is 0.362. The second kappa shape index (κ2) is 12.3. The minimum Gasteiger partial charge on any atom is -0.385 e. The summed E-state index contributed by atoms with van der Waals surface area (Å²) < 4.78 is 5.07. The first-order valence-corrected chi connectivity index (χ1v) is 9.12. The second-order valence-electron chi connectivity index (χ2n) is 5.41. The highest BCUT2D eigenvalue weighted by atomic mass is 32.1. The molecule has 0 aliphatic rings. The van der Waals surface area contributed by atoms with Crippen molar-refractivity contribution in [2.24, 2.45) is 4.99 Å². The standard InChI is InChI=1S/C16H31N5OS/c1-5-15-20-14(13-23-15)7-8-18-16(17-2)19-9-11-21(3)10-6-12-22-4/h13H,5-12H2,1-4H3,(H2,17,18,19). The molecule has 0 bridgehead atoms. The fourth-order valence-electron chi connectivity index (χ4n) is 2.11. The highest BCUT2D eigenvalue weighted by Gasteiger charge is 2.02. The predicted octanol–water partition coefficient (Wildman–Crippen LogP) is 1.38. The number of hydrogen-bond donors (Lipinski definition) is 2. The molecule has 7 heteroatoms. The van der Waals surface area contributed by atoms with Crippen LogP contribution >= 0.6 is 11.3 Å². The first kappa shape index (κ1) is 19.9. The SMILES string of the molecule is CCc1nc(CCNC(=NC)NCCN(C)CCCOC)cs1. The first-order chi connectivity index (χ1) is 11.2.